The van der Waals surface area contributed by atoms with Crippen molar-refractivity contribution in [1.29, 1.82) is 0 Å². The molecule has 0 amide bonds. The van der Waals surface area contributed by atoms with E-state index in [4.69, 9.17) is 5.73 Å². The molecule has 3 heteroatoms. The van der Waals surface area contributed by atoms with E-state index in [-0.39, 0.29) is 0 Å². The maximum Gasteiger partial charge on any atom is 0.100 e. The summed E-state index contributed by atoms with van der Waals surface area (Å²) in [7, 11) is 0. The number of fused-ring (bicyclic) bond motifs is 1. The van der Waals surface area contributed by atoms with Crippen molar-refractivity contribution < 1.29 is 0 Å². The standard InChI is InChI=1S/C9H15N3/c1-6-4-11-7(2)12-5-8(10)3-9(6)12/h8H,3-5,10H2,1-2H3/t8-/m0/s1. The highest BCUT2D eigenvalue weighted by molar-refractivity contribution is 5.83. The molecule has 0 radical (unpaired) electrons. The smallest absolute Gasteiger partial charge is 0.100 e. The average Bonchev–Trinajstić information content (AvgIpc) is 2.41. The zero-order valence-corrected chi connectivity index (χ0v) is 7.67. The Hall–Kier alpha value is -0.830. The zero-order valence-electron chi connectivity index (χ0n) is 7.67. The summed E-state index contributed by atoms with van der Waals surface area (Å²) in [6, 6.07) is 0.304. The van der Waals surface area contributed by atoms with Crippen molar-refractivity contribution >= 4 is 5.84 Å². The van der Waals surface area contributed by atoms with Gasteiger partial charge in [0.25, 0.3) is 0 Å². The van der Waals surface area contributed by atoms with Gasteiger partial charge in [0.05, 0.1) is 6.54 Å². The second kappa shape index (κ2) is 2.59. The maximum absolute atomic E-state index is 5.89. The predicted molar refractivity (Wildman–Crippen MR) is 50.0 cm³/mol. The van der Waals surface area contributed by atoms with Gasteiger partial charge in [-0.25, -0.2) is 0 Å². The van der Waals surface area contributed by atoms with Gasteiger partial charge in [0.15, 0.2) is 0 Å². The van der Waals surface area contributed by atoms with Gasteiger partial charge in [-0.05, 0) is 19.4 Å². The highest BCUT2D eigenvalue weighted by Crippen LogP contribution is 2.26. The van der Waals surface area contributed by atoms with Crippen molar-refractivity contribution in [3.8, 4) is 0 Å². The van der Waals surface area contributed by atoms with Crippen molar-refractivity contribution in [1.82, 2.24) is 4.90 Å². The van der Waals surface area contributed by atoms with Gasteiger partial charge in [-0.3, -0.25) is 4.99 Å². The number of rotatable bonds is 0. The Labute approximate surface area is 73.0 Å². The molecule has 66 valence electrons. The molecule has 2 aliphatic heterocycles. The SMILES string of the molecule is CC1=NCC(C)=C2C[C@H](N)CN12. The average molecular weight is 165 g/mol. The molecule has 2 heterocycles. The maximum atomic E-state index is 5.89. The van der Waals surface area contributed by atoms with E-state index < -0.39 is 0 Å². The fourth-order valence-electron chi connectivity index (χ4n) is 1.91. The van der Waals surface area contributed by atoms with Gasteiger partial charge in [0.1, 0.15) is 5.84 Å². The number of amidine groups is 1. The van der Waals surface area contributed by atoms with E-state index in [0.717, 1.165) is 25.3 Å². The van der Waals surface area contributed by atoms with E-state index in [0.29, 0.717) is 6.04 Å². The second-order valence-corrected chi connectivity index (χ2v) is 3.67. The van der Waals surface area contributed by atoms with Crippen LogP contribution < -0.4 is 5.73 Å². The molecular weight excluding hydrogens is 150 g/mol. The van der Waals surface area contributed by atoms with Gasteiger partial charge in [-0.1, -0.05) is 0 Å². The largest absolute Gasteiger partial charge is 0.333 e. The summed E-state index contributed by atoms with van der Waals surface area (Å²) in [5.74, 6) is 1.13. The van der Waals surface area contributed by atoms with Crippen LogP contribution in [0.25, 0.3) is 0 Å². The number of aliphatic imine (C=N–C) groups is 1. The van der Waals surface area contributed by atoms with Gasteiger partial charge in [0.2, 0.25) is 0 Å². The first-order valence-electron chi connectivity index (χ1n) is 4.41. The van der Waals surface area contributed by atoms with Crippen molar-refractivity contribution in [2.24, 2.45) is 10.7 Å². The third-order valence-electron chi connectivity index (χ3n) is 2.63. The highest BCUT2D eigenvalue weighted by Gasteiger charge is 2.28. The Morgan fingerprint density at radius 2 is 2.25 bits per heavy atom. The summed E-state index contributed by atoms with van der Waals surface area (Å²) < 4.78 is 0. The van der Waals surface area contributed by atoms with Crippen molar-refractivity contribution in [3.63, 3.8) is 0 Å². The van der Waals surface area contributed by atoms with Crippen molar-refractivity contribution in [3.05, 3.63) is 11.3 Å². The lowest BCUT2D eigenvalue weighted by atomic mass is 10.1. The van der Waals surface area contributed by atoms with Crippen LogP contribution in [0, 0.1) is 0 Å². The summed E-state index contributed by atoms with van der Waals surface area (Å²) in [6.07, 6.45) is 1.03. The fourth-order valence-corrected chi connectivity index (χ4v) is 1.91. The van der Waals surface area contributed by atoms with E-state index in [9.17, 15) is 0 Å². The summed E-state index contributed by atoms with van der Waals surface area (Å²) in [6.45, 7) is 6.02. The molecule has 0 aliphatic carbocycles. The Bertz CT molecular complexity index is 265. The Balaban J connectivity index is 2.32. The minimum Gasteiger partial charge on any atom is -0.333 e. The number of hydrogen-bond donors (Lipinski definition) is 1. The van der Waals surface area contributed by atoms with Crippen LogP contribution in [0.3, 0.4) is 0 Å². The molecule has 2 aliphatic rings. The predicted octanol–water partition coefficient (Wildman–Crippen LogP) is 0.725. The van der Waals surface area contributed by atoms with E-state index in [1.165, 1.54) is 11.3 Å². The third-order valence-corrected chi connectivity index (χ3v) is 2.63. The van der Waals surface area contributed by atoms with Crippen LogP contribution in [0.15, 0.2) is 16.3 Å². The second-order valence-electron chi connectivity index (χ2n) is 3.67. The monoisotopic (exact) mass is 165 g/mol. The minimum absolute atomic E-state index is 0.304. The lowest BCUT2D eigenvalue weighted by molar-refractivity contribution is 0.543. The quantitative estimate of drug-likeness (QED) is 0.575. The third kappa shape index (κ3) is 1.05. The molecule has 0 aromatic rings. The lowest BCUT2D eigenvalue weighted by Crippen LogP contribution is -2.31. The zero-order chi connectivity index (χ0) is 8.72. The number of nitrogens with zero attached hydrogens (tertiary/aromatic N) is 2. The summed E-state index contributed by atoms with van der Waals surface area (Å²) in [5.41, 5.74) is 8.68. The van der Waals surface area contributed by atoms with Gasteiger partial charge in [-0.2, -0.15) is 0 Å². The fraction of sp³-hybridized carbons (Fsp3) is 0.667. The van der Waals surface area contributed by atoms with Crippen LogP contribution in [0.2, 0.25) is 0 Å². The molecule has 1 atom stereocenters. The molecule has 0 aromatic carbocycles. The van der Waals surface area contributed by atoms with Gasteiger partial charge in [-0.15, -0.1) is 0 Å². The van der Waals surface area contributed by atoms with Crippen LogP contribution in [-0.4, -0.2) is 29.9 Å². The number of nitrogens with two attached hydrogens (primary N) is 1. The molecule has 0 saturated carbocycles. The Morgan fingerprint density at radius 3 is 2.92 bits per heavy atom. The summed E-state index contributed by atoms with van der Waals surface area (Å²) in [5, 5.41) is 0. The van der Waals surface area contributed by atoms with Crippen LogP contribution in [0.4, 0.5) is 0 Å². The highest BCUT2D eigenvalue weighted by atomic mass is 15.2. The van der Waals surface area contributed by atoms with Crippen molar-refractivity contribution in [2.75, 3.05) is 13.1 Å². The molecule has 2 N–H and O–H groups in total. The van der Waals surface area contributed by atoms with Gasteiger partial charge in [0, 0.05) is 24.7 Å². The van der Waals surface area contributed by atoms with Crippen LogP contribution in [0.1, 0.15) is 20.3 Å². The molecule has 12 heavy (non-hydrogen) atoms. The lowest BCUT2D eigenvalue weighted by Gasteiger charge is -2.25. The molecule has 3 nitrogen and oxygen atoms in total. The summed E-state index contributed by atoms with van der Waals surface area (Å²) >= 11 is 0. The Morgan fingerprint density at radius 1 is 1.50 bits per heavy atom. The van der Waals surface area contributed by atoms with Crippen LogP contribution in [0.5, 0.6) is 0 Å². The minimum atomic E-state index is 0.304. The first-order valence-corrected chi connectivity index (χ1v) is 4.41. The molecule has 0 bridgehead atoms. The normalized spacial score (nSPS) is 29.1. The molecule has 1 fully saturated rings. The molecular formula is C9H15N3. The molecule has 0 spiro atoms. The van der Waals surface area contributed by atoms with Crippen LogP contribution >= 0.6 is 0 Å². The van der Waals surface area contributed by atoms with Crippen molar-refractivity contribution in [2.45, 2.75) is 26.3 Å². The van der Waals surface area contributed by atoms with E-state index in [1.54, 1.807) is 0 Å². The molecule has 1 saturated heterocycles. The van der Waals surface area contributed by atoms with Gasteiger partial charge < -0.3 is 10.6 Å². The van der Waals surface area contributed by atoms with E-state index in [1.807, 2.05) is 0 Å². The molecule has 2 rings (SSSR count). The van der Waals surface area contributed by atoms with E-state index >= 15 is 0 Å². The molecule has 0 unspecified atom stereocenters. The molecule has 0 aromatic heterocycles. The van der Waals surface area contributed by atoms with Gasteiger partial charge >= 0.3 is 0 Å². The number of hydrogen-bond acceptors (Lipinski definition) is 3. The first-order chi connectivity index (χ1) is 5.68. The summed E-state index contributed by atoms with van der Waals surface area (Å²) in [4.78, 5) is 6.67. The van der Waals surface area contributed by atoms with Crippen LogP contribution in [-0.2, 0) is 0 Å². The van der Waals surface area contributed by atoms with E-state index in [2.05, 4.69) is 23.7 Å². The Kier molecular flexibility index (Phi) is 1.68. The topological polar surface area (TPSA) is 41.6 Å². The first kappa shape index (κ1) is 7.80.